The number of fused-ring (bicyclic) bond motifs is 16. The summed E-state index contributed by atoms with van der Waals surface area (Å²) in [5.41, 5.74) is 14.4. The molecule has 4 heterocycles. The highest BCUT2D eigenvalue weighted by atomic mass is 32.2. The number of hydrogen-bond donors (Lipinski definition) is 0. The van der Waals surface area contributed by atoms with Gasteiger partial charge in [0.1, 0.15) is 0 Å². The number of nitrogens with zero attached hydrogens (tertiary/aromatic N) is 3. The Morgan fingerprint density at radius 2 is 1.08 bits per heavy atom. The van der Waals surface area contributed by atoms with Crippen LogP contribution in [0.2, 0.25) is 0 Å². The number of hydrogen-bond acceptors (Lipinski definition) is 5. The molecule has 0 amide bonds. The summed E-state index contributed by atoms with van der Waals surface area (Å²) >= 11 is 3.66. The van der Waals surface area contributed by atoms with Gasteiger partial charge in [0.05, 0.1) is 32.5 Å². The molecule has 11 aromatic rings. The topological polar surface area (TPSA) is 38.7 Å². The van der Waals surface area contributed by atoms with Crippen molar-refractivity contribution >= 4 is 65.1 Å². The summed E-state index contributed by atoms with van der Waals surface area (Å²) in [5.74, 6) is 0.726. The van der Waals surface area contributed by atoms with Crippen LogP contribution in [0.25, 0.3) is 87.0 Å². The van der Waals surface area contributed by atoms with E-state index >= 15 is 0 Å². The smallest absolute Gasteiger partial charge is 0.160 e. The first kappa shape index (κ1) is 33.1. The predicted molar refractivity (Wildman–Crippen MR) is 245 cm³/mol. The van der Waals surface area contributed by atoms with Crippen LogP contribution in [0.1, 0.15) is 22.3 Å². The third kappa shape index (κ3) is 4.63. The van der Waals surface area contributed by atoms with Crippen LogP contribution in [0.15, 0.2) is 198 Å². The van der Waals surface area contributed by atoms with E-state index < -0.39 is 5.41 Å². The molecule has 0 N–H and O–H groups in total. The number of thiophene rings is 1. The second-order valence-corrected chi connectivity index (χ2v) is 17.5. The Morgan fingerprint density at radius 1 is 0.424 bits per heavy atom. The van der Waals surface area contributed by atoms with Crippen LogP contribution in [-0.4, -0.2) is 15.0 Å². The fraction of sp³-hybridized carbons (Fsp3) is 0.0185. The highest BCUT2D eigenvalue weighted by Crippen LogP contribution is 2.63. The maximum absolute atomic E-state index is 5.49. The van der Waals surface area contributed by atoms with Gasteiger partial charge >= 0.3 is 0 Å². The number of aromatic nitrogens is 3. The predicted octanol–water partition coefficient (Wildman–Crippen LogP) is 14.4. The molecule has 274 valence electrons. The van der Waals surface area contributed by atoms with E-state index in [9.17, 15) is 0 Å². The third-order valence-electron chi connectivity index (χ3n) is 12.3. The number of rotatable bonds is 3. The van der Waals surface area contributed by atoms with Crippen LogP contribution in [-0.2, 0) is 5.41 Å². The van der Waals surface area contributed by atoms with Crippen molar-refractivity contribution in [2.45, 2.75) is 15.2 Å². The molecular formula is C54H31N3S2. The van der Waals surface area contributed by atoms with Crippen molar-refractivity contribution in [3.8, 4) is 45.0 Å². The van der Waals surface area contributed by atoms with Crippen molar-refractivity contribution in [3.63, 3.8) is 0 Å². The van der Waals surface area contributed by atoms with E-state index in [1.165, 1.54) is 53.3 Å². The molecule has 0 fully saturated rings. The molecular weight excluding hydrogens is 755 g/mol. The molecule has 0 radical (unpaired) electrons. The van der Waals surface area contributed by atoms with Gasteiger partial charge in [0.25, 0.3) is 0 Å². The van der Waals surface area contributed by atoms with Crippen molar-refractivity contribution in [1.82, 2.24) is 15.0 Å². The van der Waals surface area contributed by atoms with Crippen molar-refractivity contribution in [1.29, 1.82) is 0 Å². The Kier molecular flexibility index (Phi) is 7.03. The molecule has 0 saturated heterocycles. The zero-order valence-corrected chi connectivity index (χ0v) is 33.2. The maximum atomic E-state index is 5.49. The van der Waals surface area contributed by atoms with Gasteiger partial charge in [-0.3, -0.25) is 0 Å². The Hall–Kier alpha value is -6.92. The summed E-state index contributed by atoms with van der Waals surface area (Å²) in [6.45, 7) is 0. The van der Waals surface area contributed by atoms with Crippen molar-refractivity contribution in [2.75, 3.05) is 0 Å². The van der Waals surface area contributed by atoms with Crippen molar-refractivity contribution < 1.29 is 0 Å². The van der Waals surface area contributed by atoms with Crippen LogP contribution in [0.3, 0.4) is 0 Å². The second-order valence-electron chi connectivity index (χ2n) is 15.4. The van der Waals surface area contributed by atoms with E-state index in [0.717, 1.165) is 65.8 Å². The van der Waals surface area contributed by atoms with Gasteiger partial charge < -0.3 is 0 Å². The van der Waals surface area contributed by atoms with E-state index in [1.807, 2.05) is 17.8 Å². The average molecular weight is 786 g/mol. The molecule has 1 aliphatic carbocycles. The zero-order chi connectivity index (χ0) is 38.7. The third-order valence-corrected chi connectivity index (χ3v) is 14.7. The average Bonchev–Trinajstić information content (AvgIpc) is 3.83. The van der Waals surface area contributed by atoms with Crippen molar-refractivity contribution in [2.24, 2.45) is 0 Å². The zero-order valence-electron chi connectivity index (χ0n) is 31.6. The molecule has 5 heteroatoms. The van der Waals surface area contributed by atoms with E-state index in [4.69, 9.17) is 15.0 Å². The lowest BCUT2D eigenvalue weighted by Gasteiger charge is -2.40. The van der Waals surface area contributed by atoms with Crippen LogP contribution in [0.4, 0.5) is 0 Å². The molecule has 8 aromatic carbocycles. The van der Waals surface area contributed by atoms with Gasteiger partial charge in [-0.15, -0.1) is 11.3 Å². The molecule has 0 bridgehead atoms. The normalized spacial score (nSPS) is 13.5. The van der Waals surface area contributed by atoms with E-state index in [2.05, 4.69) is 182 Å². The standard InChI is InChI=1S/C54H31N3S2/c1-3-15-32(16-4-1)48-38-28-29-43-51(59-46-26-14-12-24-42(46)54(43)40-22-10-7-19-35(40)36-20-8-11-23-41(36)54)47(38)39-31-34(27-30-44(39)55-48)49-52-50(37-21-9-13-25-45(37)58-52)57-53(56-49)33-17-5-2-6-18-33/h1-31H. The lowest BCUT2D eigenvalue weighted by Crippen LogP contribution is -2.32. The first-order valence-corrected chi connectivity index (χ1v) is 21.6. The van der Waals surface area contributed by atoms with Crippen LogP contribution >= 0.6 is 23.1 Å². The summed E-state index contributed by atoms with van der Waals surface area (Å²) in [5, 5.41) is 4.63. The Morgan fingerprint density at radius 3 is 1.86 bits per heavy atom. The van der Waals surface area contributed by atoms with Crippen molar-refractivity contribution in [3.05, 3.63) is 210 Å². The summed E-state index contributed by atoms with van der Waals surface area (Å²) in [7, 11) is 0. The minimum absolute atomic E-state index is 0.487. The number of pyridine rings is 1. The fourth-order valence-electron chi connectivity index (χ4n) is 9.87. The van der Waals surface area contributed by atoms with Crippen LogP contribution < -0.4 is 0 Å². The van der Waals surface area contributed by atoms with Gasteiger partial charge in [0.15, 0.2) is 5.82 Å². The number of benzene rings is 8. The molecule has 3 nitrogen and oxygen atoms in total. The molecule has 0 unspecified atom stereocenters. The fourth-order valence-corrected chi connectivity index (χ4v) is 12.4. The molecule has 13 rings (SSSR count). The largest absolute Gasteiger partial charge is 0.247 e. The van der Waals surface area contributed by atoms with Gasteiger partial charge in [0, 0.05) is 52.7 Å². The van der Waals surface area contributed by atoms with E-state index in [-0.39, 0.29) is 0 Å². The highest BCUT2D eigenvalue weighted by Gasteiger charge is 2.50. The van der Waals surface area contributed by atoms with E-state index in [0.29, 0.717) is 0 Å². The molecule has 2 aliphatic rings. The highest BCUT2D eigenvalue weighted by molar-refractivity contribution is 7.99. The minimum Gasteiger partial charge on any atom is -0.247 e. The monoisotopic (exact) mass is 785 g/mol. The molecule has 1 aliphatic heterocycles. The summed E-state index contributed by atoms with van der Waals surface area (Å²) in [4.78, 5) is 18.6. The molecule has 0 atom stereocenters. The SMILES string of the molecule is c1ccc(-c2nc(-c3ccc4nc(-c5ccccc5)c5ccc6c(c5c4c3)Sc3ccccc3C63c4ccccc4-c4ccccc43)c3sc4ccccc4c3n2)cc1. The van der Waals surface area contributed by atoms with Gasteiger partial charge in [-0.2, -0.15) is 0 Å². The quantitative estimate of drug-likeness (QED) is 0.167. The van der Waals surface area contributed by atoms with E-state index in [1.54, 1.807) is 11.3 Å². The summed E-state index contributed by atoms with van der Waals surface area (Å²) in [6.07, 6.45) is 0. The lowest BCUT2D eigenvalue weighted by molar-refractivity contribution is 0.726. The van der Waals surface area contributed by atoms with Crippen LogP contribution in [0.5, 0.6) is 0 Å². The maximum Gasteiger partial charge on any atom is 0.160 e. The molecule has 3 aromatic heterocycles. The summed E-state index contributed by atoms with van der Waals surface area (Å²) in [6, 6.07) is 68.2. The molecule has 59 heavy (non-hydrogen) atoms. The van der Waals surface area contributed by atoms with Gasteiger partial charge in [-0.1, -0.05) is 176 Å². The Labute approximate surface area is 348 Å². The first-order valence-electron chi connectivity index (χ1n) is 19.9. The summed E-state index contributed by atoms with van der Waals surface area (Å²) < 4.78 is 2.29. The Balaban J connectivity index is 1.17. The molecule has 0 saturated carbocycles. The second kappa shape index (κ2) is 12.5. The first-order chi connectivity index (χ1) is 29.3. The minimum atomic E-state index is -0.487. The Bertz CT molecular complexity index is 3490. The lowest BCUT2D eigenvalue weighted by atomic mass is 9.67. The molecule has 1 spiro atoms. The van der Waals surface area contributed by atoms with Crippen LogP contribution in [0, 0.1) is 0 Å². The van der Waals surface area contributed by atoms with Gasteiger partial charge in [-0.05, 0) is 57.6 Å². The van der Waals surface area contributed by atoms with Gasteiger partial charge in [0.2, 0.25) is 0 Å². The van der Waals surface area contributed by atoms with Gasteiger partial charge in [-0.25, -0.2) is 15.0 Å².